The maximum atomic E-state index is 12.5. The van der Waals surface area contributed by atoms with Gasteiger partial charge in [-0.3, -0.25) is 28.2 Å². The first kappa shape index (κ1) is 37.4. The van der Waals surface area contributed by atoms with E-state index in [9.17, 15) is 23.8 Å². The number of hydrogen-bond acceptors (Lipinski definition) is 8. The number of amides is 1. The van der Waals surface area contributed by atoms with Gasteiger partial charge in [0.05, 0.1) is 6.61 Å². The maximum absolute atomic E-state index is 12.5. The number of rotatable bonds is 24. The van der Waals surface area contributed by atoms with E-state index in [1.807, 2.05) is 0 Å². The van der Waals surface area contributed by atoms with Crippen LogP contribution >= 0.6 is 7.82 Å². The Morgan fingerprint density at radius 3 is 2.16 bits per heavy atom. The Morgan fingerprint density at radius 1 is 1.00 bits per heavy atom. The molecule has 43 heavy (non-hydrogen) atoms. The van der Waals surface area contributed by atoms with Crippen LogP contribution in [0.2, 0.25) is 0 Å². The molecule has 1 aromatic heterocycles. The number of hydrogen-bond donors (Lipinski definition) is 3. The molecule has 0 spiro atoms. The van der Waals surface area contributed by atoms with Gasteiger partial charge in [0.15, 0.2) is 0 Å². The minimum absolute atomic E-state index is 0.0107. The number of unbranched alkanes of at least 4 members (excludes halogenated alkanes) is 12. The molecule has 0 bridgehead atoms. The molecule has 1 fully saturated rings. The fourth-order valence-electron chi connectivity index (χ4n) is 5.60. The molecular weight excluding hydrogens is 577 g/mol. The van der Waals surface area contributed by atoms with E-state index in [2.05, 4.69) is 21.7 Å². The molecule has 248 valence electrons. The first-order valence-corrected chi connectivity index (χ1v) is 17.5. The van der Waals surface area contributed by atoms with Gasteiger partial charge in [0.1, 0.15) is 18.4 Å². The average Bonchev–Trinajstić information content (AvgIpc) is 3.29. The summed E-state index contributed by atoms with van der Waals surface area (Å²) in [6.45, 7) is 2.68. The van der Waals surface area contributed by atoms with E-state index in [-0.39, 0.29) is 12.5 Å². The highest BCUT2D eigenvalue weighted by molar-refractivity contribution is 7.47. The highest BCUT2D eigenvalue weighted by atomic mass is 31.2. The third-order valence-electron chi connectivity index (χ3n) is 7.95. The van der Waals surface area contributed by atoms with E-state index in [4.69, 9.17) is 14.0 Å². The molecule has 1 saturated heterocycles. The summed E-state index contributed by atoms with van der Waals surface area (Å²) in [4.78, 5) is 48.8. The summed E-state index contributed by atoms with van der Waals surface area (Å²) in [6.07, 6.45) is 16.3. The number of aromatic amines is 1. The lowest BCUT2D eigenvalue weighted by molar-refractivity contribution is -0.121. The van der Waals surface area contributed by atoms with Gasteiger partial charge in [-0.05, 0) is 19.3 Å². The number of phosphoric ester groups is 1. The van der Waals surface area contributed by atoms with Crippen molar-refractivity contribution < 1.29 is 32.8 Å². The summed E-state index contributed by atoms with van der Waals surface area (Å²) in [5.41, 5.74) is -1.23. The fourth-order valence-corrected chi connectivity index (χ4v) is 6.29. The van der Waals surface area contributed by atoms with Gasteiger partial charge in [0, 0.05) is 45.4 Å². The highest BCUT2D eigenvalue weighted by Gasteiger charge is 2.49. The molecule has 12 nitrogen and oxygen atoms in total. The third kappa shape index (κ3) is 14.2. The number of phosphoric acid groups is 1. The van der Waals surface area contributed by atoms with Crippen LogP contribution in [0.25, 0.3) is 0 Å². The van der Waals surface area contributed by atoms with Gasteiger partial charge in [-0.2, -0.15) is 0 Å². The molecule has 0 saturated carbocycles. The Kier molecular flexibility index (Phi) is 18.3. The lowest BCUT2D eigenvalue weighted by atomic mass is 9.94. The Hall–Kier alpha value is -1.82. The molecule has 3 N–H and O–H groups in total. The number of aromatic nitrogens is 2. The van der Waals surface area contributed by atoms with Crippen molar-refractivity contribution in [1.82, 2.24) is 14.9 Å². The lowest BCUT2D eigenvalue weighted by Crippen LogP contribution is -2.36. The van der Waals surface area contributed by atoms with E-state index in [1.165, 1.54) is 88.1 Å². The molecular formula is C30H54N3O9P. The van der Waals surface area contributed by atoms with E-state index in [1.54, 1.807) is 0 Å². The minimum atomic E-state index is -4.40. The Morgan fingerprint density at radius 2 is 1.60 bits per heavy atom. The van der Waals surface area contributed by atoms with Crippen molar-refractivity contribution in [3.05, 3.63) is 33.1 Å². The lowest BCUT2D eigenvalue weighted by Gasteiger charge is -2.26. The zero-order valence-corrected chi connectivity index (χ0v) is 27.2. The second-order valence-corrected chi connectivity index (χ2v) is 12.9. The van der Waals surface area contributed by atoms with Crippen molar-refractivity contribution >= 4 is 13.7 Å². The normalized spacial score (nSPS) is 21.6. The Labute approximate surface area is 255 Å². The molecule has 1 aromatic rings. The van der Waals surface area contributed by atoms with Crippen molar-refractivity contribution in [2.24, 2.45) is 5.92 Å². The smallest absolute Gasteiger partial charge is 0.382 e. The van der Waals surface area contributed by atoms with Gasteiger partial charge in [0.2, 0.25) is 5.91 Å². The molecule has 5 atom stereocenters. The summed E-state index contributed by atoms with van der Waals surface area (Å²) in [5, 5.41) is 2.94. The number of nitrogens with one attached hydrogen (secondary N) is 2. The zero-order chi connectivity index (χ0) is 31.5. The van der Waals surface area contributed by atoms with Crippen LogP contribution in [0.1, 0.15) is 116 Å². The van der Waals surface area contributed by atoms with Gasteiger partial charge in [-0.1, -0.05) is 84.0 Å². The first-order valence-electron chi connectivity index (χ1n) is 16.0. The van der Waals surface area contributed by atoms with Gasteiger partial charge in [0.25, 0.3) is 5.56 Å². The maximum Gasteiger partial charge on any atom is 0.472 e. The quantitative estimate of drug-likeness (QED) is 0.103. The van der Waals surface area contributed by atoms with E-state index < -0.39 is 43.4 Å². The summed E-state index contributed by atoms with van der Waals surface area (Å²) >= 11 is 0. The number of H-pyrrole nitrogens is 1. The molecule has 0 aromatic carbocycles. The molecule has 2 heterocycles. The van der Waals surface area contributed by atoms with Crippen LogP contribution in [0, 0.1) is 5.92 Å². The highest BCUT2D eigenvalue weighted by Crippen LogP contribution is 2.50. The number of ether oxygens (including phenoxy) is 2. The topological polar surface area (TPSA) is 158 Å². The van der Waals surface area contributed by atoms with Crippen molar-refractivity contribution in [3.8, 4) is 0 Å². The summed E-state index contributed by atoms with van der Waals surface area (Å²) in [7, 11) is -1.88. The molecule has 13 heteroatoms. The number of methoxy groups -OCH3 is 1. The Balaban J connectivity index is 1.76. The van der Waals surface area contributed by atoms with Crippen molar-refractivity contribution in [2.75, 3.05) is 27.4 Å². The van der Waals surface area contributed by atoms with Crippen molar-refractivity contribution in [3.63, 3.8) is 0 Å². The molecule has 1 aliphatic heterocycles. The largest absolute Gasteiger partial charge is 0.472 e. The first-order chi connectivity index (χ1) is 20.7. The monoisotopic (exact) mass is 631 g/mol. The molecule has 1 amide bonds. The molecule has 2 rings (SSSR count). The summed E-state index contributed by atoms with van der Waals surface area (Å²) < 4.78 is 34.9. The van der Waals surface area contributed by atoms with E-state index in [0.29, 0.717) is 25.8 Å². The van der Waals surface area contributed by atoms with Gasteiger partial charge in [-0.15, -0.1) is 0 Å². The molecule has 1 aliphatic rings. The average molecular weight is 632 g/mol. The second kappa shape index (κ2) is 21.0. The SMILES string of the molecule is CCCCCCCCCCCCCCCC(=O)NCCC[C@H]1C(OP(=O)(O)OC)[C@@H](COC)O[C@H]1n1ccc(=O)[nH]c1=O. The molecule has 0 radical (unpaired) electrons. The van der Waals surface area contributed by atoms with Crippen molar-refractivity contribution in [2.45, 2.75) is 128 Å². The number of carbonyl (C=O) groups is 1. The minimum Gasteiger partial charge on any atom is -0.382 e. The third-order valence-corrected chi connectivity index (χ3v) is 8.93. The van der Waals surface area contributed by atoms with Gasteiger partial charge in [-0.25, -0.2) is 9.36 Å². The standard InChI is InChI=1S/C30H54N3O9P/c1-4-5-6-7-8-9-10-11-12-13-14-15-16-19-26(34)31-21-17-18-24-28(42-43(37,38)40-3)25(23-39-2)41-29(24)33-22-20-27(35)32-30(33)36/h20,22,24-25,28-29H,4-19,21,23H2,1-3H3,(H,31,34)(H,37,38)(H,32,35,36)/t24-,25+,28?,29+/m0/s1. The van der Waals surface area contributed by atoms with Crippen LogP contribution in [-0.2, 0) is 27.9 Å². The van der Waals surface area contributed by atoms with E-state index in [0.717, 1.165) is 26.4 Å². The zero-order valence-electron chi connectivity index (χ0n) is 26.3. The molecule has 2 unspecified atom stereocenters. The van der Waals surface area contributed by atoms with Crippen LogP contribution in [0.4, 0.5) is 0 Å². The van der Waals surface area contributed by atoms with Crippen LogP contribution < -0.4 is 16.6 Å². The number of nitrogens with zero attached hydrogens (tertiary/aromatic N) is 1. The van der Waals surface area contributed by atoms with Gasteiger partial charge < -0.3 is 19.7 Å². The van der Waals surface area contributed by atoms with E-state index >= 15 is 0 Å². The fraction of sp³-hybridized carbons (Fsp3) is 0.833. The predicted octanol–water partition coefficient (Wildman–Crippen LogP) is 5.21. The van der Waals surface area contributed by atoms with Crippen molar-refractivity contribution in [1.29, 1.82) is 0 Å². The summed E-state index contributed by atoms with van der Waals surface area (Å²) in [6, 6.07) is 1.20. The Bertz CT molecular complexity index is 1080. The summed E-state index contributed by atoms with van der Waals surface area (Å²) in [5.74, 6) is -0.583. The van der Waals surface area contributed by atoms with Crippen LogP contribution in [0.3, 0.4) is 0 Å². The van der Waals surface area contributed by atoms with Crippen LogP contribution in [0.5, 0.6) is 0 Å². The van der Waals surface area contributed by atoms with Gasteiger partial charge >= 0.3 is 13.5 Å². The number of carbonyl (C=O) groups excluding carboxylic acids is 1. The second-order valence-electron chi connectivity index (χ2n) is 11.4. The molecule has 0 aliphatic carbocycles. The predicted molar refractivity (Wildman–Crippen MR) is 165 cm³/mol. The van der Waals surface area contributed by atoms with Crippen LogP contribution in [0.15, 0.2) is 21.9 Å². The van der Waals surface area contributed by atoms with Crippen LogP contribution in [-0.4, -0.2) is 59.9 Å².